The molecule has 2 aromatic rings. The van der Waals surface area contributed by atoms with Gasteiger partial charge in [-0.15, -0.1) is 0 Å². The average Bonchev–Trinajstić information content (AvgIpc) is 3.63. The molecule has 0 spiro atoms. The predicted molar refractivity (Wildman–Crippen MR) is 114 cm³/mol. The maximum Gasteiger partial charge on any atom is 0.337 e. The summed E-state index contributed by atoms with van der Waals surface area (Å²) >= 11 is 0. The van der Waals surface area contributed by atoms with E-state index in [1.165, 1.54) is 7.11 Å². The third kappa shape index (κ3) is 6.21. The van der Waals surface area contributed by atoms with Gasteiger partial charge in [-0.3, -0.25) is 9.59 Å². The number of methoxy groups -OCH3 is 2. The van der Waals surface area contributed by atoms with E-state index in [0.717, 1.165) is 12.8 Å². The van der Waals surface area contributed by atoms with Gasteiger partial charge in [0.25, 0.3) is 5.91 Å². The molecule has 0 atom stereocenters. The molecule has 1 N–H and O–H groups in total. The highest BCUT2D eigenvalue weighted by atomic mass is 16.5. The number of carbonyl (C=O) groups is 3. The molecule has 164 valence electrons. The second-order valence-electron chi connectivity index (χ2n) is 7.12. The van der Waals surface area contributed by atoms with Crippen LogP contribution in [0.15, 0.2) is 48.5 Å². The maximum absolute atomic E-state index is 12.7. The summed E-state index contributed by atoms with van der Waals surface area (Å²) in [7, 11) is 2.86. The standard InChI is InChI=1S/C23H26N2O6/c1-29-19-5-3-4-6-20(19)31-15-22(27)25(18-11-12-18)14-13-21(26)24-17-9-7-16(8-10-17)23(28)30-2/h3-10,18H,11-15H2,1-2H3,(H,24,26). The van der Waals surface area contributed by atoms with Crippen molar-refractivity contribution in [2.75, 3.05) is 32.7 Å². The first-order valence-electron chi connectivity index (χ1n) is 10.1. The van der Waals surface area contributed by atoms with E-state index in [4.69, 9.17) is 9.47 Å². The second-order valence-corrected chi connectivity index (χ2v) is 7.12. The zero-order chi connectivity index (χ0) is 22.2. The summed E-state index contributed by atoms with van der Waals surface area (Å²) in [5.41, 5.74) is 0.975. The van der Waals surface area contributed by atoms with Gasteiger partial charge in [0.05, 0.1) is 19.8 Å². The second kappa shape index (κ2) is 10.5. The normalized spacial score (nSPS) is 12.6. The van der Waals surface area contributed by atoms with Crippen molar-refractivity contribution in [3.8, 4) is 11.5 Å². The molecule has 31 heavy (non-hydrogen) atoms. The fourth-order valence-electron chi connectivity index (χ4n) is 3.11. The number of hydrogen-bond acceptors (Lipinski definition) is 6. The number of carbonyl (C=O) groups excluding carboxylic acids is 3. The van der Waals surface area contributed by atoms with E-state index in [0.29, 0.717) is 29.3 Å². The third-order valence-corrected chi connectivity index (χ3v) is 4.90. The summed E-state index contributed by atoms with van der Waals surface area (Å²) < 4.78 is 15.5. The Kier molecular flexibility index (Phi) is 7.48. The van der Waals surface area contributed by atoms with E-state index >= 15 is 0 Å². The molecular weight excluding hydrogens is 400 g/mol. The number of ether oxygens (including phenoxy) is 3. The van der Waals surface area contributed by atoms with Gasteiger partial charge in [-0.05, 0) is 49.2 Å². The number of anilines is 1. The minimum absolute atomic E-state index is 0.118. The van der Waals surface area contributed by atoms with E-state index in [1.807, 2.05) is 12.1 Å². The van der Waals surface area contributed by atoms with Crippen LogP contribution in [0.3, 0.4) is 0 Å². The fourth-order valence-corrected chi connectivity index (χ4v) is 3.11. The van der Waals surface area contributed by atoms with E-state index in [1.54, 1.807) is 48.4 Å². The highest BCUT2D eigenvalue weighted by Gasteiger charge is 2.32. The summed E-state index contributed by atoms with van der Waals surface area (Å²) in [6, 6.07) is 13.7. The first-order chi connectivity index (χ1) is 15.0. The first kappa shape index (κ1) is 22.1. The molecule has 8 heteroatoms. The molecule has 8 nitrogen and oxygen atoms in total. The molecule has 2 amide bonds. The lowest BCUT2D eigenvalue weighted by Crippen LogP contribution is -2.38. The van der Waals surface area contributed by atoms with Crippen LogP contribution in [-0.2, 0) is 14.3 Å². The molecule has 0 heterocycles. The number of hydrogen-bond donors (Lipinski definition) is 1. The van der Waals surface area contributed by atoms with Crippen LogP contribution in [0.5, 0.6) is 11.5 Å². The van der Waals surface area contributed by atoms with Crippen LogP contribution >= 0.6 is 0 Å². The molecule has 0 unspecified atom stereocenters. The van der Waals surface area contributed by atoms with Gasteiger partial charge in [-0.1, -0.05) is 12.1 Å². The van der Waals surface area contributed by atoms with Crippen molar-refractivity contribution in [2.24, 2.45) is 0 Å². The first-order valence-corrected chi connectivity index (χ1v) is 10.1. The van der Waals surface area contributed by atoms with Gasteiger partial charge in [0.1, 0.15) is 0 Å². The molecule has 1 saturated carbocycles. The SMILES string of the molecule is COC(=O)c1ccc(NC(=O)CCN(C(=O)COc2ccccc2OC)C2CC2)cc1. The minimum atomic E-state index is -0.438. The number of nitrogens with zero attached hydrogens (tertiary/aromatic N) is 1. The quantitative estimate of drug-likeness (QED) is 0.587. The highest BCUT2D eigenvalue weighted by molar-refractivity contribution is 5.93. The molecule has 0 aliphatic heterocycles. The van der Waals surface area contributed by atoms with Crippen LogP contribution in [0.2, 0.25) is 0 Å². The van der Waals surface area contributed by atoms with Crippen LogP contribution in [0.1, 0.15) is 29.6 Å². The molecule has 0 radical (unpaired) electrons. The van der Waals surface area contributed by atoms with Crippen molar-refractivity contribution in [3.05, 3.63) is 54.1 Å². The summed E-state index contributed by atoms with van der Waals surface area (Å²) in [5, 5.41) is 2.78. The van der Waals surface area contributed by atoms with E-state index in [9.17, 15) is 14.4 Å². The lowest BCUT2D eigenvalue weighted by Gasteiger charge is -2.22. The minimum Gasteiger partial charge on any atom is -0.493 e. The van der Waals surface area contributed by atoms with Gasteiger partial charge in [-0.25, -0.2) is 4.79 Å². The Morgan fingerprint density at radius 2 is 1.68 bits per heavy atom. The molecule has 0 saturated heterocycles. The molecule has 3 rings (SSSR count). The fraction of sp³-hybridized carbons (Fsp3) is 0.348. The molecule has 1 fully saturated rings. The topological polar surface area (TPSA) is 94.2 Å². The molecular formula is C23H26N2O6. The van der Waals surface area contributed by atoms with Crippen molar-refractivity contribution in [1.29, 1.82) is 0 Å². The molecule has 2 aromatic carbocycles. The summed E-state index contributed by atoms with van der Waals surface area (Å²) in [6.45, 7) is 0.193. The van der Waals surface area contributed by atoms with Gasteiger partial charge in [0, 0.05) is 24.7 Å². The number of nitrogens with one attached hydrogen (secondary N) is 1. The average molecular weight is 426 g/mol. The van der Waals surface area contributed by atoms with Crippen LogP contribution in [-0.4, -0.2) is 56.1 Å². The zero-order valence-corrected chi connectivity index (χ0v) is 17.6. The third-order valence-electron chi connectivity index (χ3n) is 4.90. The van der Waals surface area contributed by atoms with Crippen LogP contribution in [0.25, 0.3) is 0 Å². The van der Waals surface area contributed by atoms with Gasteiger partial charge < -0.3 is 24.4 Å². The van der Waals surface area contributed by atoms with E-state index in [2.05, 4.69) is 10.1 Å². The number of para-hydroxylation sites is 2. The van der Waals surface area contributed by atoms with Gasteiger partial charge >= 0.3 is 5.97 Å². The Balaban J connectivity index is 1.50. The zero-order valence-electron chi connectivity index (χ0n) is 17.6. The number of esters is 1. The number of rotatable bonds is 10. The largest absolute Gasteiger partial charge is 0.493 e. The Bertz CT molecular complexity index is 924. The van der Waals surface area contributed by atoms with Gasteiger partial charge in [0.15, 0.2) is 18.1 Å². The molecule has 0 aromatic heterocycles. The maximum atomic E-state index is 12.7. The number of amides is 2. The highest BCUT2D eigenvalue weighted by Crippen LogP contribution is 2.29. The predicted octanol–water partition coefficient (Wildman–Crippen LogP) is 2.88. The molecule has 1 aliphatic rings. The monoisotopic (exact) mass is 426 g/mol. The lowest BCUT2D eigenvalue weighted by molar-refractivity contribution is -0.134. The van der Waals surface area contributed by atoms with Crippen LogP contribution in [0, 0.1) is 0 Å². The lowest BCUT2D eigenvalue weighted by atomic mass is 10.2. The summed E-state index contributed by atoms with van der Waals surface area (Å²) in [6.07, 6.45) is 2.02. The molecule has 1 aliphatic carbocycles. The summed E-state index contributed by atoms with van der Waals surface area (Å²) in [5.74, 6) is 0.249. The van der Waals surface area contributed by atoms with E-state index < -0.39 is 5.97 Å². The van der Waals surface area contributed by atoms with Crippen molar-refractivity contribution >= 4 is 23.5 Å². The molecule has 0 bridgehead atoms. The Hall–Kier alpha value is -3.55. The van der Waals surface area contributed by atoms with E-state index in [-0.39, 0.29) is 30.9 Å². The van der Waals surface area contributed by atoms with Crippen molar-refractivity contribution in [2.45, 2.75) is 25.3 Å². The van der Waals surface area contributed by atoms with Crippen molar-refractivity contribution in [1.82, 2.24) is 4.90 Å². The van der Waals surface area contributed by atoms with Gasteiger partial charge in [0.2, 0.25) is 5.91 Å². The van der Waals surface area contributed by atoms with Gasteiger partial charge in [-0.2, -0.15) is 0 Å². The Morgan fingerprint density at radius 3 is 2.29 bits per heavy atom. The Labute approximate surface area is 181 Å². The summed E-state index contributed by atoms with van der Waals surface area (Å²) in [4.78, 5) is 38.2. The van der Waals surface area contributed by atoms with Crippen LogP contribution in [0.4, 0.5) is 5.69 Å². The van der Waals surface area contributed by atoms with Crippen LogP contribution < -0.4 is 14.8 Å². The van der Waals surface area contributed by atoms with Crippen molar-refractivity contribution < 1.29 is 28.6 Å². The Morgan fingerprint density at radius 1 is 1.00 bits per heavy atom. The van der Waals surface area contributed by atoms with Crippen molar-refractivity contribution in [3.63, 3.8) is 0 Å². The smallest absolute Gasteiger partial charge is 0.337 e. The number of benzene rings is 2.